The number of sulfonamides is 1. The molecule has 0 radical (unpaired) electrons. The van der Waals surface area contributed by atoms with E-state index in [1.807, 2.05) is 43.9 Å². The van der Waals surface area contributed by atoms with Crippen LogP contribution in [0.5, 0.6) is 5.88 Å². The van der Waals surface area contributed by atoms with Crippen LogP contribution in [0.4, 0.5) is 19.1 Å². The van der Waals surface area contributed by atoms with E-state index in [4.69, 9.17) is 9.47 Å². The Labute approximate surface area is 299 Å². The van der Waals surface area contributed by atoms with E-state index in [1.165, 1.54) is 38.2 Å². The van der Waals surface area contributed by atoms with Crippen molar-refractivity contribution >= 4 is 16.0 Å². The number of hydrogen-bond acceptors (Lipinski definition) is 8. The zero-order valence-corrected chi connectivity index (χ0v) is 30.7. The quantitative estimate of drug-likeness (QED) is 0.308. The lowest BCUT2D eigenvalue weighted by Gasteiger charge is -2.53. The summed E-state index contributed by atoms with van der Waals surface area (Å²) in [4.78, 5) is 13.5. The number of benzene rings is 1. The second-order valence-electron chi connectivity index (χ2n) is 15.5. The van der Waals surface area contributed by atoms with Gasteiger partial charge < -0.3 is 9.47 Å². The average molecular weight is 730 g/mol. The number of allylic oxidation sites excluding steroid dienone is 3. The van der Waals surface area contributed by atoms with Crippen LogP contribution in [0.2, 0.25) is 0 Å². The SMILES string of the molecule is CC/C=C\C=C1/OCN(CCC2(C(F)(F)F)CC2)[C@@H]2CN(C3CC4(CCCCC4)C3)C[C@H]2Oc2cc(-c3c(C)cccc3C)nc(n2)NS1(=O)=O. The molecule has 0 unspecified atom stereocenters. The van der Waals surface area contributed by atoms with Crippen molar-refractivity contribution in [3.63, 3.8) is 0 Å². The van der Waals surface area contributed by atoms with Crippen molar-refractivity contribution in [2.45, 2.75) is 116 Å². The normalized spacial score (nSPS) is 27.1. The Morgan fingerprint density at radius 3 is 2.43 bits per heavy atom. The van der Waals surface area contributed by atoms with Crippen LogP contribution < -0.4 is 9.46 Å². The minimum Gasteiger partial charge on any atom is -0.471 e. The van der Waals surface area contributed by atoms with E-state index in [0.29, 0.717) is 36.7 Å². The number of likely N-dealkylation sites (tertiary alicyclic amines) is 1. The molecule has 13 heteroatoms. The van der Waals surface area contributed by atoms with E-state index in [2.05, 4.69) is 19.6 Å². The van der Waals surface area contributed by atoms with Crippen LogP contribution in [0, 0.1) is 24.7 Å². The lowest BCUT2D eigenvalue weighted by atomic mass is 9.58. The number of fused-ring (bicyclic) bond motifs is 3. The Balaban J connectivity index is 1.27. The maximum absolute atomic E-state index is 14.2. The minimum absolute atomic E-state index is 0.0840. The second kappa shape index (κ2) is 14.0. The molecule has 4 fully saturated rings. The first kappa shape index (κ1) is 36.2. The maximum Gasteiger partial charge on any atom is 0.394 e. The fourth-order valence-corrected chi connectivity index (χ4v) is 9.71. The first-order chi connectivity index (χ1) is 24.3. The third-order valence-electron chi connectivity index (χ3n) is 12.0. The molecule has 2 atom stereocenters. The number of aromatic nitrogens is 2. The summed E-state index contributed by atoms with van der Waals surface area (Å²) in [5.74, 6) is 0.0587. The van der Waals surface area contributed by atoms with Crippen LogP contribution in [-0.4, -0.2) is 78.9 Å². The van der Waals surface area contributed by atoms with Gasteiger partial charge in [0, 0.05) is 37.3 Å². The number of hydrogen-bond donors (Lipinski definition) is 1. The van der Waals surface area contributed by atoms with Crippen molar-refractivity contribution in [2.75, 3.05) is 31.1 Å². The van der Waals surface area contributed by atoms with Gasteiger partial charge in [0.25, 0.3) is 10.0 Å². The summed E-state index contributed by atoms with van der Waals surface area (Å²) in [7, 11) is -4.34. The van der Waals surface area contributed by atoms with Gasteiger partial charge in [-0.05, 0) is 87.8 Å². The van der Waals surface area contributed by atoms with Gasteiger partial charge in [0.05, 0.1) is 17.2 Å². The zero-order valence-electron chi connectivity index (χ0n) is 29.8. The van der Waals surface area contributed by atoms with E-state index < -0.39 is 27.7 Å². The van der Waals surface area contributed by atoms with E-state index in [-0.39, 0.29) is 55.5 Å². The molecule has 3 heterocycles. The van der Waals surface area contributed by atoms with Crippen LogP contribution in [0.1, 0.15) is 88.7 Å². The third kappa shape index (κ3) is 7.53. The smallest absolute Gasteiger partial charge is 0.394 e. The van der Waals surface area contributed by atoms with E-state index >= 15 is 0 Å². The van der Waals surface area contributed by atoms with Gasteiger partial charge in [0.15, 0.2) is 0 Å². The largest absolute Gasteiger partial charge is 0.471 e. The molecule has 2 aromatic rings. The highest BCUT2D eigenvalue weighted by Crippen LogP contribution is 2.60. The molecular weight excluding hydrogens is 680 g/mol. The number of ether oxygens (including phenoxy) is 2. The number of halogens is 3. The van der Waals surface area contributed by atoms with E-state index in [1.54, 1.807) is 18.2 Å². The van der Waals surface area contributed by atoms with Crippen molar-refractivity contribution in [3.8, 4) is 17.1 Å². The van der Waals surface area contributed by atoms with Crippen molar-refractivity contribution in [1.29, 1.82) is 0 Å². The summed E-state index contributed by atoms with van der Waals surface area (Å²) in [6, 6.07) is 7.64. The Hall–Kier alpha value is -3.16. The minimum atomic E-state index is -4.34. The standard InChI is InChI=1S/C38H50F3N5O4S/c1-4-5-7-13-33-49-25-45(19-18-37(16-17-37)38(39,40)41)30-23-46(28-21-36(22-28)14-8-6-9-15-36)24-31(30)50-32-20-29(34-26(2)11-10-12-27(34)3)42-35(43-32)44-51(33,47)48/h5,7,10-13,20,28,30-31H,4,6,8-9,14-19,21-25H2,1-3H3,(H,42,43,44)/b7-5-,33-13+/t30-,31-/m1/s1. The van der Waals surface area contributed by atoms with Crippen molar-refractivity contribution in [1.82, 2.24) is 19.8 Å². The molecular formula is C38H50F3N5O4S. The lowest BCUT2D eigenvalue weighted by molar-refractivity contribution is -0.190. The van der Waals surface area contributed by atoms with Crippen molar-refractivity contribution < 1.29 is 31.1 Å². The monoisotopic (exact) mass is 729 g/mol. The predicted molar refractivity (Wildman–Crippen MR) is 190 cm³/mol. The van der Waals surface area contributed by atoms with Crippen LogP contribution >= 0.6 is 0 Å². The van der Waals surface area contributed by atoms with Crippen LogP contribution in [0.25, 0.3) is 11.3 Å². The predicted octanol–water partition coefficient (Wildman–Crippen LogP) is 7.88. The molecule has 3 aliphatic carbocycles. The molecule has 2 bridgehead atoms. The van der Waals surface area contributed by atoms with Crippen molar-refractivity contribution in [2.24, 2.45) is 10.8 Å². The maximum atomic E-state index is 14.2. The molecule has 5 aliphatic rings. The Bertz CT molecular complexity index is 1740. The highest BCUT2D eigenvalue weighted by molar-refractivity contribution is 7.96. The van der Waals surface area contributed by atoms with Crippen LogP contribution in [-0.2, 0) is 14.8 Å². The topological polar surface area (TPSA) is 96.9 Å². The third-order valence-corrected chi connectivity index (χ3v) is 13.2. The fraction of sp³-hybridized carbons (Fsp3) is 0.632. The Kier molecular flexibility index (Phi) is 9.94. The second-order valence-corrected chi connectivity index (χ2v) is 17.1. The summed E-state index contributed by atoms with van der Waals surface area (Å²) in [6.45, 7) is 6.90. The van der Waals surface area contributed by atoms with Gasteiger partial charge in [0.1, 0.15) is 12.8 Å². The summed E-state index contributed by atoms with van der Waals surface area (Å²) in [6.07, 6.45) is 9.39. The summed E-state index contributed by atoms with van der Waals surface area (Å²) in [5, 5.41) is -0.358. The summed E-state index contributed by atoms with van der Waals surface area (Å²) < 4.78 is 85.6. The molecule has 3 saturated carbocycles. The molecule has 278 valence electrons. The molecule has 51 heavy (non-hydrogen) atoms. The number of alkyl halides is 3. The average Bonchev–Trinajstić information content (AvgIpc) is 3.76. The lowest BCUT2D eigenvalue weighted by Crippen LogP contribution is -2.52. The van der Waals surface area contributed by atoms with Gasteiger partial charge in [0.2, 0.25) is 16.9 Å². The summed E-state index contributed by atoms with van der Waals surface area (Å²) in [5.41, 5.74) is 1.95. The fourth-order valence-electron chi connectivity index (χ4n) is 8.82. The first-order valence-electron chi connectivity index (χ1n) is 18.5. The molecule has 1 N–H and O–H groups in total. The number of nitrogens with one attached hydrogen (secondary N) is 1. The Morgan fingerprint density at radius 2 is 1.76 bits per heavy atom. The number of nitrogens with zero attached hydrogens (tertiary/aromatic N) is 4. The highest BCUT2D eigenvalue weighted by Gasteiger charge is 2.62. The summed E-state index contributed by atoms with van der Waals surface area (Å²) >= 11 is 0. The van der Waals surface area contributed by atoms with Gasteiger partial charge in [-0.25, -0.2) is 9.71 Å². The van der Waals surface area contributed by atoms with Gasteiger partial charge in [-0.3, -0.25) is 9.80 Å². The number of aryl methyl sites for hydroxylation is 2. The number of anilines is 1. The molecule has 1 aromatic heterocycles. The van der Waals surface area contributed by atoms with Gasteiger partial charge in [-0.2, -0.15) is 26.6 Å². The first-order valence-corrected chi connectivity index (χ1v) is 20.0. The van der Waals surface area contributed by atoms with E-state index in [0.717, 1.165) is 29.5 Å². The molecule has 1 spiro atoms. The van der Waals surface area contributed by atoms with Crippen LogP contribution in [0.15, 0.2) is 47.6 Å². The van der Waals surface area contributed by atoms with E-state index in [9.17, 15) is 21.6 Å². The zero-order chi connectivity index (χ0) is 36.0. The number of rotatable bonds is 7. The molecule has 1 saturated heterocycles. The molecule has 2 aliphatic heterocycles. The Morgan fingerprint density at radius 1 is 1.04 bits per heavy atom. The molecule has 1 aromatic carbocycles. The van der Waals surface area contributed by atoms with Gasteiger partial charge >= 0.3 is 6.18 Å². The van der Waals surface area contributed by atoms with Gasteiger partial charge in [-0.15, -0.1) is 0 Å². The highest BCUT2D eigenvalue weighted by atomic mass is 32.2. The van der Waals surface area contributed by atoms with Gasteiger partial charge in [-0.1, -0.05) is 56.5 Å². The molecule has 7 rings (SSSR count). The molecule has 0 amide bonds. The molecule has 9 nitrogen and oxygen atoms in total. The van der Waals surface area contributed by atoms with Crippen molar-refractivity contribution in [3.05, 3.63) is 58.7 Å². The van der Waals surface area contributed by atoms with Crippen LogP contribution in [0.3, 0.4) is 0 Å².